The lowest BCUT2D eigenvalue weighted by atomic mass is 9.86. The van der Waals surface area contributed by atoms with Crippen molar-refractivity contribution in [2.75, 3.05) is 0 Å². The van der Waals surface area contributed by atoms with Crippen LogP contribution in [0.25, 0.3) is 0 Å². The van der Waals surface area contributed by atoms with E-state index in [1.165, 1.54) is 0 Å². The summed E-state index contributed by atoms with van der Waals surface area (Å²) in [5, 5.41) is 18.7. The van der Waals surface area contributed by atoms with Crippen molar-refractivity contribution in [3.05, 3.63) is 12.2 Å². The van der Waals surface area contributed by atoms with Crippen molar-refractivity contribution in [2.24, 2.45) is 11.8 Å². The number of aliphatic hydroxyl groups excluding tert-OH is 1. The maximum atomic E-state index is 13.8. The number of halogens is 1. The van der Waals surface area contributed by atoms with Crippen LogP contribution in [0.3, 0.4) is 0 Å². The van der Waals surface area contributed by atoms with E-state index in [0.29, 0.717) is 32.1 Å². The van der Waals surface area contributed by atoms with Gasteiger partial charge in [-0.15, -0.1) is 0 Å². The average molecular weight is 370 g/mol. The van der Waals surface area contributed by atoms with Crippen LogP contribution in [0.5, 0.6) is 0 Å². The predicted molar refractivity (Wildman–Crippen MR) is 96.5 cm³/mol. The molecular formula is C20H31FO5. The maximum absolute atomic E-state index is 13.8. The number of carbonyl (C=O) groups is 3. The van der Waals surface area contributed by atoms with Crippen molar-refractivity contribution in [2.45, 2.75) is 83.4 Å². The zero-order chi connectivity index (χ0) is 19.5. The maximum Gasteiger partial charge on any atom is 0.303 e. The number of carboxylic acid groups (broad SMARTS) is 1. The number of ketones is 2. The van der Waals surface area contributed by atoms with Gasteiger partial charge in [0.15, 0.2) is 12.0 Å². The molecule has 0 aromatic rings. The first-order valence-electron chi connectivity index (χ1n) is 9.61. The topological polar surface area (TPSA) is 91.7 Å². The molecule has 0 amide bonds. The quantitative estimate of drug-likeness (QED) is 0.381. The highest BCUT2D eigenvalue weighted by Crippen LogP contribution is 2.35. The van der Waals surface area contributed by atoms with Crippen LogP contribution in [-0.2, 0) is 14.4 Å². The van der Waals surface area contributed by atoms with Crippen molar-refractivity contribution in [1.82, 2.24) is 0 Å². The van der Waals surface area contributed by atoms with Crippen LogP contribution in [0.4, 0.5) is 4.39 Å². The van der Waals surface area contributed by atoms with Gasteiger partial charge < -0.3 is 10.2 Å². The van der Waals surface area contributed by atoms with Crippen molar-refractivity contribution in [3.8, 4) is 0 Å². The van der Waals surface area contributed by atoms with E-state index in [1.807, 2.05) is 19.1 Å². The first-order chi connectivity index (χ1) is 12.4. The highest BCUT2D eigenvalue weighted by atomic mass is 19.1. The number of allylic oxidation sites excluding steroid dienone is 2. The van der Waals surface area contributed by atoms with E-state index in [9.17, 15) is 23.9 Å². The van der Waals surface area contributed by atoms with Gasteiger partial charge in [0.05, 0.1) is 6.10 Å². The van der Waals surface area contributed by atoms with Gasteiger partial charge in [0.2, 0.25) is 0 Å². The fourth-order valence-corrected chi connectivity index (χ4v) is 3.46. The van der Waals surface area contributed by atoms with Crippen LogP contribution >= 0.6 is 0 Å². The van der Waals surface area contributed by atoms with Gasteiger partial charge in [-0.3, -0.25) is 14.4 Å². The highest BCUT2D eigenvalue weighted by molar-refractivity contribution is 5.85. The molecule has 0 bridgehead atoms. The van der Waals surface area contributed by atoms with Crippen LogP contribution in [-0.4, -0.2) is 40.0 Å². The number of aliphatic carboxylic acids is 1. The molecule has 1 rings (SSSR count). The summed E-state index contributed by atoms with van der Waals surface area (Å²) in [5.41, 5.74) is 0. The first-order valence-corrected chi connectivity index (χ1v) is 9.61. The molecule has 0 aromatic heterocycles. The average Bonchev–Trinajstić information content (AvgIpc) is 2.86. The normalized spacial score (nSPS) is 24.3. The smallest absolute Gasteiger partial charge is 0.303 e. The third-order valence-electron chi connectivity index (χ3n) is 5.04. The Hall–Kier alpha value is -1.56. The summed E-state index contributed by atoms with van der Waals surface area (Å²) in [6.45, 7) is 1.94. The number of hydrogen-bond acceptors (Lipinski definition) is 4. The molecule has 6 heteroatoms. The number of rotatable bonds is 13. The summed E-state index contributed by atoms with van der Waals surface area (Å²) in [7, 11) is 0. The molecule has 2 N–H and O–H groups in total. The second-order valence-corrected chi connectivity index (χ2v) is 7.12. The Balaban J connectivity index is 2.46. The first kappa shape index (κ1) is 22.5. The predicted octanol–water partition coefficient (Wildman–Crippen LogP) is 3.63. The molecule has 0 aromatic carbocycles. The summed E-state index contributed by atoms with van der Waals surface area (Å²) in [6, 6.07) is 0. The molecule has 1 aliphatic carbocycles. The minimum Gasteiger partial charge on any atom is -0.481 e. The fourth-order valence-electron chi connectivity index (χ4n) is 3.46. The Morgan fingerprint density at radius 1 is 1.27 bits per heavy atom. The summed E-state index contributed by atoms with van der Waals surface area (Å²) in [4.78, 5) is 34.4. The van der Waals surface area contributed by atoms with Crippen molar-refractivity contribution < 1.29 is 29.0 Å². The largest absolute Gasteiger partial charge is 0.481 e. The number of Topliss-reactive ketones (excluding diaryl/α,β-unsaturated/α-hetero) is 2. The van der Waals surface area contributed by atoms with Gasteiger partial charge in [-0.05, 0) is 38.0 Å². The molecule has 0 spiro atoms. The summed E-state index contributed by atoms with van der Waals surface area (Å²) < 4.78 is 13.8. The third kappa shape index (κ3) is 7.77. The number of unbranched alkanes of at least 4 members (excludes halogenated alkanes) is 2. The monoisotopic (exact) mass is 370 g/mol. The number of hydrogen-bond donors (Lipinski definition) is 2. The van der Waals surface area contributed by atoms with Crippen molar-refractivity contribution in [3.63, 3.8) is 0 Å². The summed E-state index contributed by atoms with van der Waals surface area (Å²) in [6.07, 6.45) is 5.45. The van der Waals surface area contributed by atoms with Crippen LogP contribution < -0.4 is 0 Å². The third-order valence-corrected chi connectivity index (χ3v) is 5.04. The van der Waals surface area contributed by atoms with Gasteiger partial charge >= 0.3 is 5.97 Å². The molecule has 0 aliphatic heterocycles. The molecule has 0 unspecified atom stereocenters. The molecule has 5 nitrogen and oxygen atoms in total. The van der Waals surface area contributed by atoms with Crippen LogP contribution in [0, 0.1) is 11.8 Å². The van der Waals surface area contributed by atoms with Crippen LogP contribution in [0.15, 0.2) is 12.2 Å². The zero-order valence-corrected chi connectivity index (χ0v) is 15.5. The zero-order valence-electron chi connectivity index (χ0n) is 15.5. The van der Waals surface area contributed by atoms with E-state index in [0.717, 1.165) is 6.42 Å². The lowest BCUT2D eigenvalue weighted by Crippen LogP contribution is -2.23. The van der Waals surface area contributed by atoms with E-state index in [-0.39, 0.29) is 43.3 Å². The molecule has 0 saturated heterocycles. The van der Waals surface area contributed by atoms with E-state index in [1.54, 1.807) is 0 Å². The number of carbonyl (C=O) groups excluding carboxylic acids is 2. The second kappa shape index (κ2) is 11.9. The molecular weight excluding hydrogens is 339 g/mol. The minimum absolute atomic E-state index is 0.0204. The molecule has 4 atom stereocenters. The molecule has 1 saturated carbocycles. The lowest BCUT2D eigenvalue weighted by molar-refractivity contribution is -0.137. The summed E-state index contributed by atoms with van der Waals surface area (Å²) >= 11 is 0. The van der Waals surface area contributed by atoms with Gasteiger partial charge in [0.1, 0.15) is 5.78 Å². The molecule has 0 radical (unpaired) electrons. The Bertz CT molecular complexity index is 502. The summed E-state index contributed by atoms with van der Waals surface area (Å²) in [5.74, 6) is -1.95. The van der Waals surface area contributed by atoms with Gasteiger partial charge in [0.25, 0.3) is 0 Å². The number of aliphatic hydroxyl groups is 1. The SMILES string of the molecule is CCCC[C@H](F)C(=O)CC[C@H]1[C@H](O)CC(=O)[C@@H]1C/C=C\CCCC(=O)O. The van der Waals surface area contributed by atoms with Gasteiger partial charge in [-0.25, -0.2) is 4.39 Å². The standard InChI is InChI=1S/C20H31FO5/c1-2-3-9-16(21)17(22)12-11-15-14(18(23)13-19(15)24)8-6-4-5-7-10-20(25)26/h4,6,14-16,19,24H,2-3,5,7-13H2,1H3,(H,25,26)/b6-4-/t14-,15-,16+,19-/m1/s1. The Kier molecular flexibility index (Phi) is 10.3. The molecule has 26 heavy (non-hydrogen) atoms. The van der Waals surface area contributed by atoms with E-state index < -0.39 is 24.0 Å². The fraction of sp³-hybridized carbons (Fsp3) is 0.750. The molecule has 1 aliphatic rings. The van der Waals surface area contributed by atoms with Crippen molar-refractivity contribution in [1.29, 1.82) is 0 Å². The van der Waals surface area contributed by atoms with E-state index >= 15 is 0 Å². The molecule has 1 fully saturated rings. The molecule has 0 heterocycles. The van der Waals surface area contributed by atoms with E-state index in [4.69, 9.17) is 5.11 Å². The van der Waals surface area contributed by atoms with Gasteiger partial charge in [-0.2, -0.15) is 0 Å². The lowest BCUT2D eigenvalue weighted by Gasteiger charge is -2.20. The number of carboxylic acids is 1. The molecule has 148 valence electrons. The Morgan fingerprint density at radius 3 is 2.65 bits per heavy atom. The van der Waals surface area contributed by atoms with Gasteiger partial charge in [-0.1, -0.05) is 31.9 Å². The Labute approximate surface area is 154 Å². The van der Waals surface area contributed by atoms with Crippen molar-refractivity contribution >= 4 is 17.5 Å². The van der Waals surface area contributed by atoms with Gasteiger partial charge in [0, 0.05) is 25.2 Å². The highest BCUT2D eigenvalue weighted by Gasteiger charge is 2.40. The van der Waals surface area contributed by atoms with E-state index in [2.05, 4.69) is 0 Å². The van der Waals surface area contributed by atoms with Crippen LogP contribution in [0.2, 0.25) is 0 Å². The second-order valence-electron chi connectivity index (χ2n) is 7.12. The number of alkyl halides is 1. The minimum atomic E-state index is -1.45. The van der Waals surface area contributed by atoms with Crippen LogP contribution in [0.1, 0.15) is 71.1 Å². The Morgan fingerprint density at radius 2 is 2.00 bits per heavy atom.